The van der Waals surface area contributed by atoms with Gasteiger partial charge in [0, 0.05) is 32.5 Å². The fraction of sp³-hybridized carbons (Fsp3) is 0.500. The monoisotopic (exact) mass is 294 g/mol. The van der Waals surface area contributed by atoms with E-state index in [1.165, 1.54) is 19.1 Å². The van der Waals surface area contributed by atoms with Gasteiger partial charge in [-0.05, 0) is 38.0 Å². The molecule has 0 aliphatic rings. The Morgan fingerprint density at radius 1 is 1.19 bits per heavy atom. The summed E-state index contributed by atoms with van der Waals surface area (Å²) < 4.78 is 12.8. The summed E-state index contributed by atoms with van der Waals surface area (Å²) in [4.78, 5) is 24.8. The molecule has 2 amide bonds. The summed E-state index contributed by atoms with van der Waals surface area (Å²) in [6.07, 6.45) is 0.937. The van der Waals surface area contributed by atoms with Crippen LogP contribution in [0.15, 0.2) is 24.3 Å². The van der Waals surface area contributed by atoms with Crippen molar-refractivity contribution in [2.45, 2.75) is 39.7 Å². The lowest BCUT2D eigenvalue weighted by Crippen LogP contribution is -2.37. The number of nitrogens with one attached hydrogen (secondary N) is 1. The second-order valence-electron chi connectivity index (χ2n) is 5.35. The highest BCUT2D eigenvalue weighted by molar-refractivity contribution is 5.78. The van der Waals surface area contributed by atoms with Crippen molar-refractivity contribution >= 4 is 11.8 Å². The van der Waals surface area contributed by atoms with Gasteiger partial charge in [0.2, 0.25) is 11.8 Å². The van der Waals surface area contributed by atoms with E-state index >= 15 is 0 Å². The second kappa shape index (κ2) is 8.39. The van der Waals surface area contributed by atoms with Gasteiger partial charge in [-0.1, -0.05) is 12.1 Å². The van der Waals surface area contributed by atoms with E-state index in [1.54, 1.807) is 17.0 Å². The minimum absolute atomic E-state index is 0.0574. The first kappa shape index (κ1) is 17.1. The molecule has 116 valence electrons. The Hall–Kier alpha value is -1.91. The lowest BCUT2D eigenvalue weighted by Gasteiger charge is -2.21. The Kier molecular flexibility index (Phi) is 6.85. The molecule has 0 aliphatic carbocycles. The highest BCUT2D eigenvalue weighted by atomic mass is 19.1. The van der Waals surface area contributed by atoms with Crippen molar-refractivity contribution in [3.63, 3.8) is 0 Å². The SMILES string of the molecule is CC(=O)N(CCC(=O)NC(C)C)CCc1ccc(F)cc1. The van der Waals surface area contributed by atoms with E-state index in [-0.39, 0.29) is 23.7 Å². The number of carbonyl (C=O) groups is 2. The second-order valence-corrected chi connectivity index (χ2v) is 5.35. The van der Waals surface area contributed by atoms with Crippen LogP contribution in [-0.4, -0.2) is 35.8 Å². The molecule has 0 unspecified atom stereocenters. The molecule has 0 atom stereocenters. The predicted molar refractivity (Wildman–Crippen MR) is 80.3 cm³/mol. The van der Waals surface area contributed by atoms with E-state index < -0.39 is 0 Å². The van der Waals surface area contributed by atoms with Crippen LogP contribution in [-0.2, 0) is 16.0 Å². The number of amides is 2. The third-order valence-corrected chi connectivity index (χ3v) is 3.09. The third kappa shape index (κ3) is 6.88. The highest BCUT2D eigenvalue weighted by Crippen LogP contribution is 2.05. The van der Waals surface area contributed by atoms with Gasteiger partial charge >= 0.3 is 0 Å². The lowest BCUT2D eigenvalue weighted by atomic mass is 10.1. The molecule has 0 fully saturated rings. The fourth-order valence-electron chi connectivity index (χ4n) is 1.97. The maximum atomic E-state index is 12.8. The summed E-state index contributed by atoms with van der Waals surface area (Å²) in [5, 5.41) is 2.80. The number of halogens is 1. The summed E-state index contributed by atoms with van der Waals surface area (Å²) in [7, 11) is 0. The van der Waals surface area contributed by atoms with E-state index in [0.717, 1.165) is 5.56 Å². The van der Waals surface area contributed by atoms with Crippen LogP contribution in [0.1, 0.15) is 32.8 Å². The van der Waals surface area contributed by atoms with E-state index in [2.05, 4.69) is 5.32 Å². The number of benzene rings is 1. The third-order valence-electron chi connectivity index (χ3n) is 3.09. The molecule has 21 heavy (non-hydrogen) atoms. The van der Waals surface area contributed by atoms with Gasteiger partial charge in [-0.15, -0.1) is 0 Å². The van der Waals surface area contributed by atoms with Gasteiger partial charge in [0.25, 0.3) is 0 Å². The molecule has 5 heteroatoms. The average molecular weight is 294 g/mol. The number of hydrogen-bond donors (Lipinski definition) is 1. The lowest BCUT2D eigenvalue weighted by molar-refractivity contribution is -0.129. The molecule has 1 aromatic rings. The maximum Gasteiger partial charge on any atom is 0.221 e. The van der Waals surface area contributed by atoms with Gasteiger partial charge in [-0.2, -0.15) is 0 Å². The fourth-order valence-corrected chi connectivity index (χ4v) is 1.97. The quantitative estimate of drug-likeness (QED) is 0.837. The first-order valence-electron chi connectivity index (χ1n) is 7.18. The molecular formula is C16H23FN2O2. The first-order chi connectivity index (χ1) is 9.88. The highest BCUT2D eigenvalue weighted by Gasteiger charge is 2.11. The van der Waals surface area contributed by atoms with Gasteiger partial charge in [-0.25, -0.2) is 4.39 Å². The van der Waals surface area contributed by atoms with Gasteiger partial charge in [0.1, 0.15) is 5.82 Å². The van der Waals surface area contributed by atoms with Crippen LogP contribution in [0.5, 0.6) is 0 Å². The number of rotatable bonds is 7. The molecule has 0 saturated carbocycles. The van der Waals surface area contributed by atoms with Crippen LogP contribution in [0.4, 0.5) is 4.39 Å². The number of nitrogens with zero attached hydrogens (tertiary/aromatic N) is 1. The number of hydrogen-bond acceptors (Lipinski definition) is 2. The molecule has 0 bridgehead atoms. The topological polar surface area (TPSA) is 49.4 Å². The molecule has 0 heterocycles. The van der Waals surface area contributed by atoms with Crippen molar-refractivity contribution < 1.29 is 14.0 Å². The average Bonchev–Trinajstić information content (AvgIpc) is 2.39. The molecule has 0 spiro atoms. The Morgan fingerprint density at radius 2 is 1.81 bits per heavy atom. The van der Waals surface area contributed by atoms with Crippen molar-refractivity contribution in [3.05, 3.63) is 35.6 Å². The molecule has 1 rings (SSSR count). The summed E-state index contributed by atoms with van der Waals surface area (Å²) in [5.41, 5.74) is 0.967. The van der Waals surface area contributed by atoms with Crippen molar-refractivity contribution in [2.75, 3.05) is 13.1 Å². The Balaban J connectivity index is 2.45. The predicted octanol–water partition coefficient (Wildman–Crippen LogP) is 2.13. The molecule has 0 aromatic heterocycles. The zero-order chi connectivity index (χ0) is 15.8. The zero-order valence-electron chi connectivity index (χ0n) is 12.9. The van der Waals surface area contributed by atoms with E-state index in [0.29, 0.717) is 25.9 Å². The molecule has 0 aliphatic heterocycles. The number of carbonyl (C=O) groups excluding carboxylic acids is 2. The summed E-state index contributed by atoms with van der Waals surface area (Å²) in [6, 6.07) is 6.33. The van der Waals surface area contributed by atoms with Gasteiger partial charge in [-0.3, -0.25) is 9.59 Å². The minimum Gasteiger partial charge on any atom is -0.354 e. The normalized spacial score (nSPS) is 10.5. The Morgan fingerprint density at radius 3 is 2.33 bits per heavy atom. The van der Waals surface area contributed by atoms with Gasteiger partial charge < -0.3 is 10.2 Å². The van der Waals surface area contributed by atoms with Crippen LogP contribution >= 0.6 is 0 Å². The van der Waals surface area contributed by atoms with Gasteiger partial charge in [0.05, 0.1) is 0 Å². The molecular weight excluding hydrogens is 271 g/mol. The van der Waals surface area contributed by atoms with Crippen LogP contribution in [0, 0.1) is 5.82 Å². The molecule has 0 radical (unpaired) electrons. The standard InChI is InChI=1S/C16H23FN2O2/c1-12(2)18-16(21)9-11-19(13(3)20)10-8-14-4-6-15(17)7-5-14/h4-7,12H,8-11H2,1-3H3,(H,18,21). The van der Waals surface area contributed by atoms with Crippen molar-refractivity contribution in [3.8, 4) is 0 Å². The summed E-state index contributed by atoms with van der Waals surface area (Å²) >= 11 is 0. The first-order valence-corrected chi connectivity index (χ1v) is 7.18. The maximum absolute atomic E-state index is 12.8. The van der Waals surface area contributed by atoms with E-state index in [4.69, 9.17) is 0 Å². The molecule has 1 aromatic carbocycles. The van der Waals surface area contributed by atoms with Crippen molar-refractivity contribution in [1.29, 1.82) is 0 Å². The van der Waals surface area contributed by atoms with Gasteiger partial charge in [0.15, 0.2) is 0 Å². The van der Waals surface area contributed by atoms with Crippen LogP contribution in [0.2, 0.25) is 0 Å². The van der Waals surface area contributed by atoms with Crippen LogP contribution in [0.3, 0.4) is 0 Å². The Labute approximate surface area is 125 Å². The molecule has 4 nitrogen and oxygen atoms in total. The molecule has 0 saturated heterocycles. The zero-order valence-corrected chi connectivity index (χ0v) is 12.9. The van der Waals surface area contributed by atoms with E-state index in [1.807, 2.05) is 13.8 Å². The summed E-state index contributed by atoms with van der Waals surface area (Å²) in [5.74, 6) is -0.389. The summed E-state index contributed by atoms with van der Waals surface area (Å²) in [6.45, 7) is 6.21. The largest absolute Gasteiger partial charge is 0.354 e. The molecule has 1 N–H and O–H groups in total. The van der Waals surface area contributed by atoms with E-state index in [9.17, 15) is 14.0 Å². The minimum atomic E-state index is -0.271. The van der Waals surface area contributed by atoms with Crippen molar-refractivity contribution in [2.24, 2.45) is 0 Å². The smallest absolute Gasteiger partial charge is 0.221 e. The van der Waals surface area contributed by atoms with Crippen LogP contribution < -0.4 is 5.32 Å². The van der Waals surface area contributed by atoms with Crippen molar-refractivity contribution in [1.82, 2.24) is 10.2 Å². The van der Waals surface area contributed by atoms with Crippen LogP contribution in [0.25, 0.3) is 0 Å². The Bertz CT molecular complexity index is 472.